The molecule has 0 aromatic rings. The molecule has 0 bridgehead atoms. The van der Waals surface area contributed by atoms with Gasteiger partial charge in [0.15, 0.2) is 5.12 Å². The molecule has 1 rings (SSSR count). The third-order valence-electron chi connectivity index (χ3n) is 2.21. The van der Waals surface area contributed by atoms with Crippen molar-refractivity contribution in [2.45, 2.75) is 31.8 Å². The van der Waals surface area contributed by atoms with E-state index in [-0.39, 0.29) is 23.2 Å². The number of esters is 1. The summed E-state index contributed by atoms with van der Waals surface area (Å²) in [5.74, 6) is 0.531. The first kappa shape index (κ1) is 11.5. The second-order valence-electron chi connectivity index (χ2n) is 3.32. The highest BCUT2D eigenvalue weighted by atomic mass is 32.2. The molecule has 0 saturated carbocycles. The smallest absolute Gasteiger partial charge is 0.322 e. The highest BCUT2D eigenvalue weighted by Crippen LogP contribution is 2.17. The molecule has 0 radical (unpaired) electrons. The second kappa shape index (κ2) is 5.36. The van der Waals surface area contributed by atoms with Gasteiger partial charge in [0, 0.05) is 18.7 Å². The number of carbonyl (C=O) groups excluding carboxylic acids is 2. The lowest BCUT2D eigenvalue weighted by atomic mass is 10.2. The van der Waals surface area contributed by atoms with Crippen molar-refractivity contribution in [3.05, 3.63) is 0 Å². The summed E-state index contributed by atoms with van der Waals surface area (Å²) in [6.07, 6.45) is 1.73. The average Bonchev–Trinajstić information content (AvgIpc) is 2.62. The molecule has 1 saturated heterocycles. The van der Waals surface area contributed by atoms with Crippen molar-refractivity contribution in [2.75, 3.05) is 12.9 Å². The fourth-order valence-electron chi connectivity index (χ4n) is 1.50. The largest absolute Gasteiger partial charge is 0.468 e. The van der Waals surface area contributed by atoms with Crippen LogP contribution in [0.3, 0.4) is 0 Å². The van der Waals surface area contributed by atoms with Crippen molar-refractivity contribution in [2.24, 2.45) is 0 Å². The molecule has 14 heavy (non-hydrogen) atoms. The van der Waals surface area contributed by atoms with E-state index in [0.717, 1.165) is 18.6 Å². The highest BCUT2D eigenvalue weighted by Gasteiger charge is 2.29. The van der Waals surface area contributed by atoms with Crippen LogP contribution in [0.25, 0.3) is 0 Å². The first-order chi connectivity index (χ1) is 6.63. The molecule has 80 valence electrons. The van der Waals surface area contributed by atoms with Crippen LogP contribution in [0.1, 0.15) is 19.8 Å². The molecular weight excluding hydrogens is 202 g/mol. The van der Waals surface area contributed by atoms with E-state index in [9.17, 15) is 9.59 Å². The van der Waals surface area contributed by atoms with Crippen molar-refractivity contribution < 1.29 is 14.3 Å². The lowest BCUT2D eigenvalue weighted by molar-refractivity contribution is -0.142. The summed E-state index contributed by atoms with van der Waals surface area (Å²) in [6.45, 7) is 1.55. The van der Waals surface area contributed by atoms with Gasteiger partial charge in [0.1, 0.15) is 6.04 Å². The third-order valence-corrected chi connectivity index (χ3v) is 3.19. The molecule has 2 atom stereocenters. The van der Waals surface area contributed by atoms with Gasteiger partial charge >= 0.3 is 5.97 Å². The third kappa shape index (κ3) is 3.31. The Labute approximate surface area is 87.8 Å². The van der Waals surface area contributed by atoms with Gasteiger partial charge in [-0.05, 0) is 12.8 Å². The van der Waals surface area contributed by atoms with E-state index in [0.29, 0.717) is 0 Å². The van der Waals surface area contributed by atoms with Gasteiger partial charge in [-0.3, -0.25) is 9.59 Å². The van der Waals surface area contributed by atoms with Gasteiger partial charge in [-0.2, -0.15) is 0 Å². The normalized spacial score (nSPS) is 26.1. The maximum Gasteiger partial charge on any atom is 0.322 e. The summed E-state index contributed by atoms with van der Waals surface area (Å²) in [5.41, 5.74) is 0. The molecule has 1 fully saturated rings. The minimum Gasteiger partial charge on any atom is -0.468 e. The van der Waals surface area contributed by atoms with Crippen LogP contribution in [-0.4, -0.2) is 36.0 Å². The molecule has 0 aromatic carbocycles. The molecule has 1 aliphatic heterocycles. The average molecular weight is 217 g/mol. The number of nitrogens with one attached hydrogen (secondary N) is 1. The SMILES string of the molecule is COC(=O)[C@@H]1CC[C@@H](CSC(C)=O)N1. The number of methoxy groups -OCH3 is 1. The van der Waals surface area contributed by atoms with Crippen LogP contribution in [0, 0.1) is 0 Å². The van der Waals surface area contributed by atoms with E-state index in [1.165, 1.54) is 18.9 Å². The number of hydrogen-bond acceptors (Lipinski definition) is 5. The molecule has 1 N–H and O–H groups in total. The minimum absolute atomic E-state index is 0.119. The quantitative estimate of drug-likeness (QED) is 0.700. The maximum atomic E-state index is 11.1. The monoisotopic (exact) mass is 217 g/mol. The molecule has 0 aliphatic carbocycles. The summed E-state index contributed by atoms with van der Waals surface area (Å²) in [5, 5.41) is 3.27. The Morgan fingerprint density at radius 1 is 1.50 bits per heavy atom. The Hall–Kier alpha value is -0.550. The van der Waals surface area contributed by atoms with Crippen molar-refractivity contribution in [1.82, 2.24) is 5.32 Å². The van der Waals surface area contributed by atoms with Gasteiger partial charge in [-0.1, -0.05) is 11.8 Å². The standard InChI is InChI=1S/C9H15NO3S/c1-6(11)14-5-7-3-4-8(10-7)9(12)13-2/h7-8,10H,3-5H2,1-2H3/t7-,8-/m0/s1. The van der Waals surface area contributed by atoms with Gasteiger partial charge in [-0.25, -0.2) is 0 Å². The zero-order valence-electron chi connectivity index (χ0n) is 8.41. The lowest BCUT2D eigenvalue weighted by Gasteiger charge is -2.11. The summed E-state index contributed by atoms with van der Waals surface area (Å²) in [6, 6.07) is 0.0746. The summed E-state index contributed by atoms with van der Waals surface area (Å²) in [7, 11) is 1.39. The molecule has 4 nitrogen and oxygen atoms in total. The van der Waals surface area contributed by atoms with Crippen LogP contribution in [0.4, 0.5) is 0 Å². The predicted octanol–water partition coefficient (Wildman–Crippen LogP) is 0.560. The number of thioether (sulfide) groups is 1. The Bertz CT molecular complexity index is 232. The van der Waals surface area contributed by atoms with Crippen LogP contribution in [0.15, 0.2) is 0 Å². The van der Waals surface area contributed by atoms with Crippen LogP contribution in [0.5, 0.6) is 0 Å². The number of carbonyl (C=O) groups is 2. The fourth-order valence-corrected chi connectivity index (χ4v) is 2.20. The van der Waals surface area contributed by atoms with Crippen molar-refractivity contribution in [3.8, 4) is 0 Å². The Morgan fingerprint density at radius 2 is 2.21 bits per heavy atom. The molecular formula is C9H15NO3S. The van der Waals surface area contributed by atoms with E-state index in [1.54, 1.807) is 6.92 Å². The number of ether oxygens (including phenoxy) is 1. The van der Waals surface area contributed by atoms with Gasteiger partial charge in [0.25, 0.3) is 0 Å². The van der Waals surface area contributed by atoms with E-state index in [2.05, 4.69) is 10.1 Å². The van der Waals surface area contributed by atoms with Gasteiger partial charge in [0.2, 0.25) is 0 Å². The van der Waals surface area contributed by atoms with E-state index < -0.39 is 0 Å². The zero-order valence-corrected chi connectivity index (χ0v) is 9.23. The number of hydrogen-bond donors (Lipinski definition) is 1. The van der Waals surface area contributed by atoms with E-state index in [1.807, 2.05) is 0 Å². The molecule has 1 heterocycles. The van der Waals surface area contributed by atoms with Crippen LogP contribution in [0.2, 0.25) is 0 Å². The zero-order chi connectivity index (χ0) is 10.6. The topological polar surface area (TPSA) is 55.4 Å². The first-order valence-electron chi connectivity index (χ1n) is 4.60. The molecule has 0 unspecified atom stereocenters. The predicted molar refractivity (Wildman–Crippen MR) is 55.1 cm³/mol. The van der Waals surface area contributed by atoms with Gasteiger partial charge in [-0.15, -0.1) is 0 Å². The lowest BCUT2D eigenvalue weighted by Crippen LogP contribution is -2.37. The van der Waals surface area contributed by atoms with Crippen LogP contribution in [-0.2, 0) is 14.3 Å². The Morgan fingerprint density at radius 3 is 2.79 bits per heavy atom. The van der Waals surface area contributed by atoms with Gasteiger partial charge < -0.3 is 10.1 Å². The fraction of sp³-hybridized carbons (Fsp3) is 0.778. The van der Waals surface area contributed by atoms with E-state index >= 15 is 0 Å². The highest BCUT2D eigenvalue weighted by molar-refractivity contribution is 8.13. The Kier molecular flexibility index (Phi) is 4.41. The van der Waals surface area contributed by atoms with Crippen LogP contribution >= 0.6 is 11.8 Å². The summed E-state index contributed by atoms with van der Waals surface area (Å²) >= 11 is 1.30. The second-order valence-corrected chi connectivity index (χ2v) is 4.52. The molecule has 0 amide bonds. The minimum atomic E-state index is -0.208. The molecule has 0 spiro atoms. The van der Waals surface area contributed by atoms with Crippen LogP contribution < -0.4 is 5.32 Å². The number of rotatable bonds is 3. The Balaban J connectivity index is 2.27. The van der Waals surface area contributed by atoms with Gasteiger partial charge in [0.05, 0.1) is 7.11 Å². The van der Waals surface area contributed by atoms with E-state index in [4.69, 9.17) is 0 Å². The molecule has 5 heteroatoms. The summed E-state index contributed by atoms with van der Waals surface area (Å²) < 4.78 is 4.63. The first-order valence-corrected chi connectivity index (χ1v) is 5.59. The molecule has 1 aliphatic rings. The van der Waals surface area contributed by atoms with Crippen molar-refractivity contribution in [3.63, 3.8) is 0 Å². The summed E-state index contributed by atoms with van der Waals surface area (Å²) in [4.78, 5) is 21.9. The maximum absolute atomic E-state index is 11.1. The molecule has 0 aromatic heterocycles. The van der Waals surface area contributed by atoms with Crippen molar-refractivity contribution >= 4 is 22.8 Å². The van der Waals surface area contributed by atoms with Crippen molar-refractivity contribution in [1.29, 1.82) is 0 Å².